The third-order valence-corrected chi connectivity index (χ3v) is 0.899. The maximum Gasteiger partial charge on any atom is 0.146 e. The van der Waals surface area contributed by atoms with Gasteiger partial charge in [-0.05, 0) is 0 Å². The van der Waals surface area contributed by atoms with Crippen molar-refractivity contribution >= 4 is 18.7 Å². The number of carbonyl (C=O) groups is 1. The maximum atomic E-state index is 9.97. The van der Waals surface area contributed by atoms with E-state index in [-0.39, 0.29) is 6.04 Å². The Hall–Kier alpha value is -0.990. The summed E-state index contributed by atoms with van der Waals surface area (Å²) in [7, 11) is 0. The number of aliphatic imine (C=N–C) groups is 2. The molecule has 3 heteroatoms. The highest BCUT2D eigenvalue weighted by Crippen LogP contribution is 1.88. The minimum absolute atomic E-state index is 0.222. The predicted molar refractivity (Wildman–Crippen MR) is 31.7 cm³/mol. The van der Waals surface area contributed by atoms with E-state index in [0.29, 0.717) is 6.54 Å². The molecular formula is C5H6N2O. The van der Waals surface area contributed by atoms with E-state index in [4.69, 9.17) is 0 Å². The normalized spacial score (nSPS) is 25.8. The minimum Gasteiger partial charge on any atom is -0.301 e. The van der Waals surface area contributed by atoms with Crippen LogP contribution in [0.25, 0.3) is 0 Å². The predicted octanol–water partition coefficient (Wildman–Crippen LogP) is -0.291. The van der Waals surface area contributed by atoms with Gasteiger partial charge in [-0.1, -0.05) is 0 Å². The molecule has 0 amide bonds. The van der Waals surface area contributed by atoms with Crippen molar-refractivity contribution in [2.24, 2.45) is 9.98 Å². The van der Waals surface area contributed by atoms with Gasteiger partial charge in [0.15, 0.2) is 0 Å². The van der Waals surface area contributed by atoms with E-state index in [2.05, 4.69) is 9.98 Å². The van der Waals surface area contributed by atoms with Gasteiger partial charge in [0.2, 0.25) is 0 Å². The lowest BCUT2D eigenvalue weighted by atomic mass is 10.3. The van der Waals surface area contributed by atoms with Crippen LogP contribution in [0.4, 0.5) is 0 Å². The molecule has 0 N–H and O–H groups in total. The topological polar surface area (TPSA) is 41.8 Å². The first-order chi connectivity index (χ1) is 3.93. The largest absolute Gasteiger partial charge is 0.301 e. The van der Waals surface area contributed by atoms with Crippen LogP contribution >= 0.6 is 0 Å². The Morgan fingerprint density at radius 3 is 2.88 bits per heavy atom. The Morgan fingerprint density at radius 1 is 1.62 bits per heavy atom. The molecular weight excluding hydrogens is 104 g/mol. The van der Waals surface area contributed by atoms with Gasteiger partial charge >= 0.3 is 0 Å². The fraction of sp³-hybridized carbons (Fsp3) is 0.400. The number of aldehydes is 1. The molecule has 0 aromatic heterocycles. The van der Waals surface area contributed by atoms with Gasteiger partial charge in [0.05, 0.1) is 6.54 Å². The van der Waals surface area contributed by atoms with Crippen molar-refractivity contribution in [3.05, 3.63) is 0 Å². The molecule has 1 atom stereocenters. The summed E-state index contributed by atoms with van der Waals surface area (Å²) in [5.41, 5.74) is 0. The molecule has 0 bridgehead atoms. The Bertz CT molecular complexity index is 139. The Balaban J connectivity index is 2.51. The van der Waals surface area contributed by atoms with Gasteiger partial charge in [-0.2, -0.15) is 0 Å². The summed E-state index contributed by atoms with van der Waals surface area (Å²) in [6, 6.07) is -0.222. The van der Waals surface area contributed by atoms with Gasteiger partial charge in [0.1, 0.15) is 12.3 Å². The van der Waals surface area contributed by atoms with Crippen LogP contribution in [-0.4, -0.2) is 31.3 Å². The van der Waals surface area contributed by atoms with Crippen molar-refractivity contribution in [1.29, 1.82) is 0 Å². The molecule has 1 aliphatic heterocycles. The quantitative estimate of drug-likeness (QED) is 0.427. The van der Waals surface area contributed by atoms with Crippen LogP contribution in [0.3, 0.4) is 0 Å². The van der Waals surface area contributed by atoms with Gasteiger partial charge in [-0.25, -0.2) is 0 Å². The summed E-state index contributed by atoms with van der Waals surface area (Å²) in [6.45, 7) is 0.514. The van der Waals surface area contributed by atoms with E-state index in [1.54, 1.807) is 12.4 Å². The van der Waals surface area contributed by atoms with Crippen molar-refractivity contribution in [2.75, 3.05) is 6.54 Å². The molecule has 0 saturated carbocycles. The zero-order valence-corrected chi connectivity index (χ0v) is 4.32. The van der Waals surface area contributed by atoms with Crippen LogP contribution in [0.2, 0.25) is 0 Å². The van der Waals surface area contributed by atoms with Crippen LogP contribution in [0.1, 0.15) is 0 Å². The number of carbonyl (C=O) groups excluding carboxylic acids is 1. The molecule has 1 unspecified atom stereocenters. The molecule has 1 rings (SSSR count). The molecule has 0 spiro atoms. The van der Waals surface area contributed by atoms with Gasteiger partial charge < -0.3 is 4.79 Å². The van der Waals surface area contributed by atoms with E-state index in [0.717, 1.165) is 6.29 Å². The third kappa shape index (κ3) is 0.992. The lowest BCUT2D eigenvalue weighted by Gasteiger charge is -2.00. The van der Waals surface area contributed by atoms with E-state index < -0.39 is 0 Å². The third-order valence-electron chi connectivity index (χ3n) is 0.899. The van der Waals surface area contributed by atoms with Gasteiger partial charge in [-0.3, -0.25) is 9.98 Å². The first kappa shape index (κ1) is 5.15. The van der Waals surface area contributed by atoms with E-state index >= 15 is 0 Å². The summed E-state index contributed by atoms with van der Waals surface area (Å²) in [5, 5.41) is 0. The molecule has 0 aliphatic carbocycles. The Kier molecular flexibility index (Phi) is 1.51. The average molecular weight is 110 g/mol. The standard InChI is InChI=1S/C5H6N2O/c8-4-5-3-6-1-2-7-5/h1-2,4-5H,3H2. The molecule has 0 radical (unpaired) electrons. The van der Waals surface area contributed by atoms with Crippen molar-refractivity contribution in [3.8, 4) is 0 Å². The number of hydrogen-bond acceptors (Lipinski definition) is 3. The summed E-state index contributed by atoms with van der Waals surface area (Å²) in [6.07, 6.45) is 3.94. The summed E-state index contributed by atoms with van der Waals surface area (Å²) < 4.78 is 0. The second-order valence-corrected chi connectivity index (χ2v) is 1.52. The molecule has 0 aromatic carbocycles. The van der Waals surface area contributed by atoms with Gasteiger partial charge in [0, 0.05) is 12.4 Å². The summed E-state index contributed by atoms with van der Waals surface area (Å²) in [5.74, 6) is 0. The lowest BCUT2D eigenvalue weighted by molar-refractivity contribution is -0.108. The number of nitrogens with zero attached hydrogens (tertiary/aromatic N) is 2. The monoisotopic (exact) mass is 110 g/mol. The highest BCUT2D eigenvalue weighted by atomic mass is 16.1. The molecule has 0 aromatic rings. The highest BCUT2D eigenvalue weighted by Gasteiger charge is 2.02. The lowest BCUT2D eigenvalue weighted by Crippen LogP contribution is -2.14. The summed E-state index contributed by atoms with van der Waals surface area (Å²) in [4.78, 5) is 17.6. The van der Waals surface area contributed by atoms with E-state index in [9.17, 15) is 4.79 Å². The van der Waals surface area contributed by atoms with Crippen molar-refractivity contribution in [3.63, 3.8) is 0 Å². The number of hydrogen-bond donors (Lipinski definition) is 0. The zero-order valence-electron chi connectivity index (χ0n) is 4.32. The molecule has 42 valence electrons. The van der Waals surface area contributed by atoms with Crippen LogP contribution < -0.4 is 0 Å². The molecule has 3 nitrogen and oxygen atoms in total. The number of rotatable bonds is 1. The van der Waals surface area contributed by atoms with Crippen LogP contribution in [-0.2, 0) is 4.79 Å². The second kappa shape index (κ2) is 2.35. The fourth-order valence-electron chi connectivity index (χ4n) is 0.490. The Labute approximate surface area is 47.1 Å². The molecule has 8 heavy (non-hydrogen) atoms. The van der Waals surface area contributed by atoms with E-state index in [1.165, 1.54) is 0 Å². The van der Waals surface area contributed by atoms with Crippen LogP contribution in [0.15, 0.2) is 9.98 Å². The maximum absolute atomic E-state index is 9.97. The smallest absolute Gasteiger partial charge is 0.146 e. The van der Waals surface area contributed by atoms with Gasteiger partial charge in [0.25, 0.3) is 0 Å². The highest BCUT2D eigenvalue weighted by molar-refractivity contribution is 6.16. The van der Waals surface area contributed by atoms with Crippen LogP contribution in [0, 0.1) is 0 Å². The molecule has 0 fully saturated rings. The van der Waals surface area contributed by atoms with Crippen molar-refractivity contribution in [2.45, 2.75) is 6.04 Å². The summed E-state index contributed by atoms with van der Waals surface area (Å²) >= 11 is 0. The first-order valence-electron chi connectivity index (χ1n) is 2.40. The van der Waals surface area contributed by atoms with E-state index in [1.807, 2.05) is 0 Å². The second-order valence-electron chi connectivity index (χ2n) is 1.52. The SMILES string of the molecule is O=CC1CN=CC=N1. The fourth-order valence-corrected chi connectivity index (χ4v) is 0.490. The Morgan fingerprint density at radius 2 is 2.50 bits per heavy atom. The minimum atomic E-state index is -0.222. The first-order valence-corrected chi connectivity index (χ1v) is 2.40. The van der Waals surface area contributed by atoms with Gasteiger partial charge in [-0.15, -0.1) is 0 Å². The zero-order chi connectivity index (χ0) is 5.82. The van der Waals surface area contributed by atoms with Crippen LogP contribution in [0.5, 0.6) is 0 Å². The molecule has 0 saturated heterocycles. The average Bonchev–Trinajstić information content (AvgIpc) is 1.90. The van der Waals surface area contributed by atoms with Crippen molar-refractivity contribution in [1.82, 2.24) is 0 Å². The van der Waals surface area contributed by atoms with Crippen molar-refractivity contribution < 1.29 is 4.79 Å². The molecule has 1 heterocycles. The molecule has 1 aliphatic rings.